The van der Waals surface area contributed by atoms with Gasteiger partial charge in [-0.05, 0) is 19.1 Å². The number of amides is 1. The summed E-state index contributed by atoms with van der Waals surface area (Å²) in [6.45, 7) is 1.53. The SMILES string of the molecule is CC(O)(C(=O)Nc1ccc(S(C)(=O)=O)c(N2CCOCC2)c1Cl)C(F)(F)F. The minimum Gasteiger partial charge on any atom is -0.378 e. The first-order chi connectivity index (χ1) is 12.3. The molecule has 0 aromatic heterocycles. The van der Waals surface area contributed by atoms with Crippen LogP contribution in [0.15, 0.2) is 17.0 Å². The molecule has 12 heteroatoms. The summed E-state index contributed by atoms with van der Waals surface area (Å²) in [5, 5.41) is 11.1. The lowest BCUT2D eigenvalue weighted by atomic mass is 10.1. The smallest absolute Gasteiger partial charge is 0.378 e. The van der Waals surface area contributed by atoms with Crippen LogP contribution in [0, 0.1) is 0 Å². The second-order valence-corrected chi connectivity index (χ2v) is 8.53. The quantitative estimate of drug-likeness (QED) is 0.756. The van der Waals surface area contributed by atoms with Crippen LogP contribution in [0.2, 0.25) is 5.02 Å². The molecule has 1 atom stereocenters. The Balaban J connectivity index is 2.49. The third-order valence-corrected chi connectivity index (χ3v) is 5.56. The molecule has 1 unspecified atom stereocenters. The molecule has 1 aromatic rings. The van der Waals surface area contributed by atoms with Crippen molar-refractivity contribution in [2.75, 3.05) is 42.8 Å². The number of halogens is 4. The molecule has 7 nitrogen and oxygen atoms in total. The zero-order chi connectivity index (χ0) is 20.6. The highest BCUT2D eigenvalue weighted by Gasteiger charge is 2.55. The number of benzene rings is 1. The molecule has 1 aliphatic rings. The first-order valence-corrected chi connectivity index (χ1v) is 9.99. The molecule has 1 aliphatic heterocycles. The van der Waals surface area contributed by atoms with E-state index in [0.717, 1.165) is 18.4 Å². The summed E-state index contributed by atoms with van der Waals surface area (Å²) in [5.74, 6) is -1.74. The number of hydrogen-bond acceptors (Lipinski definition) is 6. The van der Waals surface area contributed by atoms with Gasteiger partial charge in [0.1, 0.15) is 0 Å². The van der Waals surface area contributed by atoms with Crippen LogP contribution in [-0.4, -0.2) is 63.8 Å². The molecule has 0 bridgehead atoms. The topological polar surface area (TPSA) is 95.9 Å². The van der Waals surface area contributed by atoms with Gasteiger partial charge in [-0.1, -0.05) is 11.6 Å². The van der Waals surface area contributed by atoms with E-state index in [2.05, 4.69) is 0 Å². The van der Waals surface area contributed by atoms with Crippen LogP contribution in [-0.2, 0) is 19.4 Å². The average molecular weight is 431 g/mol. The van der Waals surface area contributed by atoms with E-state index in [-0.39, 0.29) is 21.3 Å². The maximum atomic E-state index is 12.8. The highest BCUT2D eigenvalue weighted by atomic mass is 35.5. The second-order valence-electron chi connectivity index (χ2n) is 6.17. The van der Waals surface area contributed by atoms with Crippen molar-refractivity contribution in [2.24, 2.45) is 0 Å². The van der Waals surface area contributed by atoms with Crippen LogP contribution >= 0.6 is 11.6 Å². The number of morpholine rings is 1. The van der Waals surface area contributed by atoms with Crippen LogP contribution in [0.1, 0.15) is 6.92 Å². The number of hydrogen-bond donors (Lipinski definition) is 2. The zero-order valence-electron chi connectivity index (χ0n) is 14.4. The third-order valence-electron chi connectivity index (χ3n) is 4.05. The van der Waals surface area contributed by atoms with Gasteiger partial charge in [0.15, 0.2) is 9.84 Å². The van der Waals surface area contributed by atoms with Gasteiger partial charge in [0, 0.05) is 19.3 Å². The summed E-state index contributed by atoms with van der Waals surface area (Å²) in [6.07, 6.45) is -4.24. The van der Waals surface area contributed by atoms with Gasteiger partial charge in [-0.25, -0.2) is 8.42 Å². The molecule has 0 aliphatic carbocycles. The molecule has 152 valence electrons. The molecule has 0 radical (unpaired) electrons. The van der Waals surface area contributed by atoms with Crippen LogP contribution in [0.3, 0.4) is 0 Å². The van der Waals surface area contributed by atoms with Crippen molar-refractivity contribution < 1.29 is 36.2 Å². The predicted molar refractivity (Wildman–Crippen MR) is 92.9 cm³/mol. The summed E-state index contributed by atoms with van der Waals surface area (Å²) in [7, 11) is -3.71. The number of rotatable bonds is 4. The number of nitrogens with zero attached hydrogens (tertiary/aromatic N) is 1. The van der Waals surface area contributed by atoms with Gasteiger partial charge in [-0.2, -0.15) is 13.2 Å². The lowest BCUT2D eigenvalue weighted by Gasteiger charge is -2.32. The number of carbonyl (C=O) groups is 1. The Morgan fingerprint density at radius 2 is 1.85 bits per heavy atom. The molecule has 1 fully saturated rings. The van der Waals surface area contributed by atoms with Gasteiger partial charge >= 0.3 is 6.18 Å². The molecule has 1 heterocycles. The van der Waals surface area contributed by atoms with Gasteiger partial charge in [-0.3, -0.25) is 4.79 Å². The minimum atomic E-state index is -5.21. The Labute approximate surface area is 159 Å². The average Bonchev–Trinajstić information content (AvgIpc) is 2.55. The third kappa shape index (κ3) is 4.48. The Morgan fingerprint density at radius 1 is 1.30 bits per heavy atom. The first-order valence-electron chi connectivity index (χ1n) is 7.72. The van der Waals surface area contributed by atoms with E-state index in [1.807, 2.05) is 5.32 Å². The van der Waals surface area contributed by atoms with Crippen molar-refractivity contribution in [2.45, 2.75) is 23.6 Å². The van der Waals surface area contributed by atoms with Crippen molar-refractivity contribution in [3.8, 4) is 0 Å². The Bertz CT molecular complexity index is 837. The summed E-state index contributed by atoms with van der Waals surface area (Å²) in [4.78, 5) is 13.4. The molecule has 27 heavy (non-hydrogen) atoms. The number of sulfone groups is 1. The van der Waals surface area contributed by atoms with E-state index >= 15 is 0 Å². The van der Waals surface area contributed by atoms with Gasteiger partial charge in [-0.15, -0.1) is 0 Å². The molecule has 0 spiro atoms. The van der Waals surface area contributed by atoms with Crippen LogP contribution in [0.4, 0.5) is 24.5 Å². The van der Waals surface area contributed by atoms with E-state index in [0.29, 0.717) is 33.2 Å². The highest BCUT2D eigenvalue weighted by molar-refractivity contribution is 7.90. The summed E-state index contributed by atoms with van der Waals surface area (Å²) in [5.41, 5.74) is -3.84. The standard InChI is InChI=1S/C15H18ClF3N2O5S/c1-14(23,15(17,18)19)13(22)20-9-3-4-10(27(2,24)25)12(11(9)16)21-5-7-26-8-6-21/h3-4,23H,5-8H2,1-2H3,(H,20,22). The number of carbonyl (C=O) groups excluding carboxylic acids is 1. The Morgan fingerprint density at radius 3 is 2.33 bits per heavy atom. The van der Waals surface area contributed by atoms with Crippen LogP contribution in [0.25, 0.3) is 0 Å². The number of anilines is 2. The maximum Gasteiger partial charge on any atom is 0.426 e. The molecule has 2 N–H and O–H groups in total. The van der Waals surface area contributed by atoms with Gasteiger partial charge in [0.25, 0.3) is 5.91 Å². The monoisotopic (exact) mass is 430 g/mol. The van der Waals surface area contributed by atoms with Crippen molar-refractivity contribution >= 4 is 38.7 Å². The van der Waals surface area contributed by atoms with Crippen molar-refractivity contribution in [1.29, 1.82) is 0 Å². The van der Waals surface area contributed by atoms with Gasteiger partial charge < -0.3 is 20.1 Å². The fraction of sp³-hybridized carbons (Fsp3) is 0.533. The highest BCUT2D eigenvalue weighted by Crippen LogP contribution is 2.40. The predicted octanol–water partition coefficient (Wildman–Crippen LogP) is 1.83. The summed E-state index contributed by atoms with van der Waals surface area (Å²) >= 11 is 6.24. The fourth-order valence-electron chi connectivity index (χ4n) is 2.40. The molecule has 1 amide bonds. The van der Waals surface area contributed by atoms with E-state index in [4.69, 9.17) is 16.3 Å². The second kappa shape index (κ2) is 7.46. The van der Waals surface area contributed by atoms with Crippen molar-refractivity contribution in [1.82, 2.24) is 0 Å². The van der Waals surface area contributed by atoms with E-state index in [1.54, 1.807) is 4.90 Å². The molecule has 1 saturated heterocycles. The van der Waals surface area contributed by atoms with Crippen LogP contribution in [0.5, 0.6) is 0 Å². The van der Waals surface area contributed by atoms with Crippen LogP contribution < -0.4 is 10.2 Å². The zero-order valence-corrected chi connectivity index (χ0v) is 16.0. The summed E-state index contributed by atoms with van der Waals surface area (Å²) < 4.78 is 67.9. The maximum absolute atomic E-state index is 12.8. The van der Waals surface area contributed by atoms with Crippen molar-refractivity contribution in [3.05, 3.63) is 17.2 Å². The van der Waals surface area contributed by atoms with E-state index < -0.39 is 27.5 Å². The molecule has 2 rings (SSSR count). The van der Waals surface area contributed by atoms with Gasteiger partial charge in [0.05, 0.1) is 34.5 Å². The number of alkyl halides is 3. The van der Waals surface area contributed by atoms with Gasteiger partial charge in [0.2, 0.25) is 5.60 Å². The lowest BCUT2D eigenvalue weighted by molar-refractivity contribution is -0.242. The summed E-state index contributed by atoms with van der Waals surface area (Å²) in [6, 6.07) is 2.22. The number of aliphatic hydroxyl groups is 1. The molecule has 0 saturated carbocycles. The van der Waals surface area contributed by atoms with E-state index in [9.17, 15) is 31.5 Å². The largest absolute Gasteiger partial charge is 0.426 e. The Kier molecular flexibility index (Phi) is 6.00. The van der Waals surface area contributed by atoms with E-state index in [1.165, 1.54) is 0 Å². The number of nitrogens with one attached hydrogen (secondary N) is 1. The first kappa shape index (κ1) is 21.7. The minimum absolute atomic E-state index is 0.0620. The Hall–Kier alpha value is -1.56. The van der Waals surface area contributed by atoms with Crippen molar-refractivity contribution in [3.63, 3.8) is 0 Å². The molecule has 1 aromatic carbocycles. The lowest BCUT2D eigenvalue weighted by Crippen LogP contribution is -2.52. The fourth-order valence-corrected chi connectivity index (χ4v) is 3.68. The number of ether oxygens (including phenoxy) is 1. The molecular formula is C15H18ClF3N2O5S. The molecular weight excluding hydrogens is 413 g/mol. The normalized spacial score (nSPS) is 18.1.